The summed E-state index contributed by atoms with van der Waals surface area (Å²) in [5, 5.41) is 29.8. The minimum absolute atomic E-state index is 0.0251. The number of benzene rings is 1. The van der Waals surface area contributed by atoms with Crippen LogP contribution in [-0.4, -0.2) is 27.7 Å². The van der Waals surface area contributed by atoms with Gasteiger partial charge in [-0.15, -0.1) is 0 Å². The molecule has 9 nitrogen and oxygen atoms in total. The summed E-state index contributed by atoms with van der Waals surface area (Å²) in [6, 6.07) is 1.86. The summed E-state index contributed by atoms with van der Waals surface area (Å²) in [6.07, 6.45) is 0. The highest BCUT2D eigenvalue weighted by atomic mass is 16.6. The van der Waals surface area contributed by atoms with Crippen LogP contribution in [0.15, 0.2) is 21.3 Å². The first kappa shape index (κ1) is 14.3. The Morgan fingerprint density at radius 2 is 2.05 bits per heavy atom. The molecule has 2 rings (SSSR count). The minimum atomic E-state index is -1.09. The predicted octanol–water partition coefficient (Wildman–Crippen LogP) is 1.29. The van der Waals surface area contributed by atoms with Gasteiger partial charge < -0.3 is 19.4 Å². The van der Waals surface area contributed by atoms with Crippen LogP contribution in [0.3, 0.4) is 0 Å². The second-order valence-corrected chi connectivity index (χ2v) is 3.94. The van der Waals surface area contributed by atoms with Gasteiger partial charge in [-0.25, -0.2) is 9.59 Å². The molecule has 2 N–H and O–H groups in total. The highest BCUT2D eigenvalue weighted by Gasteiger charge is 2.24. The maximum atomic E-state index is 11.6. The summed E-state index contributed by atoms with van der Waals surface area (Å²) in [7, 11) is 0. The number of nitrogens with zero attached hydrogens (tertiary/aromatic N) is 1. The Morgan fingerprint density at radius 1 is 1.38 bits per heavy atom. The van der Waals surface area contributed by atoms with E-state index in [1.807, 2.05) is 0 Å². The molecule has 0 unspecified atom stereocenters. The van der Waals surface area contributed by atoms with Crippen molar-refractivity contribution in [2.24, 2.45) is 0 Å². The predicted molar refractivity (Wildman–Crippen MR) is 68.4 cm³/mol. The van der Waals surface area contributed by atoms with Gasteiger partial charge in [-0.2, -0.15) is 0 Å². The zero-order chi connectivity index (χ0) is 15.7. The van der Waals surface area contributed by atoms with Crippen LogP contribution in [0.5, 0.6) is 11.5 Å². The van der Waals surface area contributed by atoms with E-state index in [0.717, 1.165) is 12.1 Å². The van der Waals surface area contributed by atoms with Crippen molar-refractivity contribution in [3.63, 3.8) is 0 Å². The lowest BCUT2D eigenvalue weighted by molar-refractivity contribution is -0.385. The number of rotatable bonds is 3. The van der Waals surface area contributed by atoms with Crippen LogP contribution in [0.4, 0.5) is 5.69 Å². The molecule has 21 heavy (non-hydrogen) atoms. The third-order valence-corrected chi connectivity index (χ3v) is 2.64. The van der Waals surface area contributed by atoms with E-state index in [4.69, 9.17) is 4.42 Å². The van der Waals surface area contributed by atoms with E-state index in [-0.39, 0.29) is 12.0 Å². The molecule has 0 radical (unpaired) electrons. The smallest absolute Gasteiger partial charge is 0.351 e. The zero-order valence-corrected chi connectivity index (χ0v) is 10.7. The molecule has 0 aliphatic heterocycles. The quantitative estimate of drug-likeness (QED) is 0.284. The first-order valence-corrected chi connectivity index (χ1v) is 5.71. The lowest BCUT2D eigenvalue weighted by Crippen LogP contribution is -2.16. The van der Waals surface area contributed by atoms with Crippen LogP contribution in [-0.2, 0) is 4.74 Å². The fraction of sp³-hybridized carbons (Fsp3) is 0.167. The van der Waals surface area contributed by atoms with E-state index in [1.54, 1.807) is 0 Å². The van der Waals surface area contributed by atoms with Crippen LogP contribution < -0.4 is 5.63 Å². The molecular formula is C12H9NO8. The van der Waals surface area contributed by atoms with E-state index in [1.165, 1.54) is 6.92 Å². The first-order valence-electron chi connectivity index (χ1n) is 5.71. The highest BCUT2D eigenvalue weighted by Crippen LogP contribution is 2.40. The van der Waals surface area contributed by atoms with Crippen molar-refractivity contribution in [2.75, 3.05) is 6.61 Å². The molecule has 110 valence electrons. The summed E-state index contributed by atoms with van der Waals surface area (Å²) in [5.74, 6) is -2.94. The molecule has 2 aromatic rings. The Kier molecular flexibility index (Phi) is 3.49. The van der Waals surface area contributed by atoms with Crippen LogP contribution in [0.25, 0.3) is 11.0 Å². The molecule has 0 fully saturated rings. The van der Waals surface area contributed by atoms with Gasteiger partial charge in [0.2, 0.25) is 11.5 Å². The first-order chi connectivity index (χ1) is 9.86. The van der Waals surface area contributed by atoms with E-state index in [0.29, 0.717) is 0 Å². The minimum Gasteiger partial charge on any atom is -0.501 e. The molecule has 0 aliphatic rings. The lowest BCUT2D eigenvalue weighted by atomic mass is 10.1. The van der Waals surface area contributed by atoms with E-state index in [2.05, 4.69) is 4.74 Å². The van der Waals surface area contributed by atoms with Gasteiger partial charge in [0.25, 0.3) is 0 Å². The SMILES string of the molecule is CCOC(=O)c1cc2cc([N+](=O)[O-])c(O)c(O)c2oc1=O. The molecule has 0 aliphatic carbocycles. The number of esters is 1. The molecule has 0 saturated heterocycles. The third kappa shape index (κ3) is 2.36. The number of phenols is 2. The number of hydrogen-bond donors (Lipinski definition) is 2. The number of ether oxygens (including phenoxy) is 1. The Balaban J connectivity index is 2.78. The monoisotopic (exact) mass is 295 g/mol. The fourth-order valence-electron chi connectivity index (χ4n) is 1.71. The number of carbonyl (C=O) groups is 1. The van der Waals surface area contributed by atoms with E-state index in [9.17, 15) is 29.9 Å². The standard InChI is InChI=1S/C12H9NO8/c1-2-20-11(16)6-3-5-4-7(13(18)19)8(14)9(15)10(5)21-12(6)17/h3-4,14-15H,2H2,1H3. The average molecular weight is 295 g/mol. The number of phenolic OH excluding ortho intramolecular Hbond substituents is 2. The second-order valence-electron chi connectivity index (χ2n) is 3.94. The Morgan fingerprint density at radius 3 is 2.62 bits per heavy atom. The fourth-order valence-corrected chi connectivity index (χ4v) is 1.71. The second kappa shape index (κ2) is 5.12. The lowest BCUT2D eigenvalue weighted by Gasteiger charge is -2.05. The number of aromatic hydroxyl groups is 2. The molecule has 0 bridgehead atoms. The summed E-state index contributed by atoms with van der Waals surface area (Å²) in [6.45, 7) is 1.56. The summed E-state index contributed by atoms with van der Waals surface area (Å²) in [4.78, 5) is 33.0. The van der Waals surface area contributed by atoms with E-state index >= 15 is 0 Å². The Hall–Kier alpha value is -3.10. The zero-order valence-electron chi connectivity index (χ0n) is 10.7. The van der Waals surface area contributed by atoms with Gasteiger partial charge in [0.15, 0.2) is 5.58 Å². The maximum absolute atomic E-state index is 11.6. The van der Waals surface area contributed by atoms with Crippen molar-refractivity contribution >= 4 is 22.6 Å². The molecule has 1 heterocycles. The van der Waals surface area contributed by atoms with Crippen LogP contribution in [0.1, 0.15) is 17.3 Å². The van der Waals surface area contributed by atoms with Crippen LogP contribution in [0.2, 0.25) is 0 Å². The van der Waals surface area contributed by atoms with E-state index < -0.39 is 44.9 Å². The average Bonchev–Trinajstić information content (AvgIpc) is 2.42. The molecular weight excluding hydrogens is 286 g/mol. The van der Waals surface area contributed by atoms with Gasteiger partial charge in [-0.1, -0.05) is 0 Å². The van der Waals surface area contributed by atoms with Crippen molar-refractivity contribution in [3.8, 4) is 11.5 Å². The van der Waals surface area contributed by atoms with Crippen molar-refractivity contribution in [3.05, 3.63) is 38.2 Å². The highest BCUT2D eigenvalue weighted by molar-refractivity contribution is 5.95. The van der Waals surface area contributed by atoms with Gasteiger partial charge >= 0.3 is 17.3 Å². The number of fused-ring (bicyclic) bond motifs is 1. The molecule has 1 aromatic carbocycles. The molecule has 0 saturated carbocycles. The van der Waals surface area contributed by atoms with Crippen LogP contribution >= 0.6 is 0 Å². The van der Waals surface area contributed by atoms with Crippen LogP contribution in [0, 0.1) is 10.1 Å². The van der Waals surface area contributed by atoms with Gasteiger partial charge in [-0.05, 0) is 13.0 Å². The molecule has 0 amide bonds. The van der Waals surface area contributed by atoms with Crippen molar-refractivity contribution in [1.82, 2.24) is 0 Å². The summed E-state index contributed by atoms with van der Waals surface area (Å²) < 4.78 is 9.36. The van der Waals surface area contributed by atoms with Crippen molar-refractivity contribution in [2.45, 2.75) is 6.92 Å². The molecule has 1 aromatic heterocycles. The Labute approximate surface area is 116 Å². The number of nitro groups is 1. The summed E-state index contributed by atoms with van der Waals surface area (Å²) >= 11 is 0. The number of hydrogen-bond acceptors (Lipinski definition) is 8. The molecule has 0 atom stereocenters. The van der Waals surface area contributed by atoms with Gasteiger partial charge in [0, 0.05) is 11.5 Å². The summed E-state index contributed by atoms with van der Waals surface area (Å²) in [5.41, 5.74) is -2.81. The Bertz CT molecular complexity index is 807. The normalized spacial score (nSPS) is 10.5. The number of carbonyl (C=O) groups excluding carboxylic acids is 1. The molecule has 0 spiro atoms. The van der Waals surface area contributed by atoms with Gasteiger partial charge in [0.1, 0.15) is 5.56 Å². The van der Waals surface area contributed by atoms with Gasteiger partial charge in [-0.3, -0.25) is 10.1 Å². The van der Waals surface area contributed by atoms with Gasteiger partial charge in [0.05, 0.1) is 11.5 Å². The largest absolute Gasteiger partial charge is 0.501 e. The topological polar surface area (TPSA) is 140 Å². The third-order valence-electron chi connectivity index (χ3n) is 2.64. The maximum Gasteiger partial charge on any atom is 0.351 e. The van der Waals surface area contributed by atoms with Crippen molar-refractivity contribution in [1.29, 1.82) is 0 Å². The van der Waals surface area contributed by atoms with Crippen molar-refractivity contribution < 1.29 is 29.1 Å². The molecule has 9 heteroatoms. The number of nitro benzene ring substituents is 1.